The Hall–Kier alpha value is -1.91. The van der Waals surface area contributed by atoms with Crippen LogP contribution in [0.5, 0.6) is 0 Å². The standard InChI is InChI=1S/C20H38N4O5Si/c1-20(2,3)29-19(26)23-9-8-21-16(18(25)27-4)14-17-22-10-11-24(17)15-28-12-13-30(5,6)7/h10-11,16,21H,8-9,12-15H2,1-7H3,(H,23,26)/t16-/m0/s1. The first-order valence-corrected chi connectivity index (χ1v) is 14.0. The second-order valence-corrected chi connectivity index (χ2v) is 14.9. The predicted octanol–water partition coefficient (Wildman–Crippen LogP) is 2.39. The SMILES string of the molecule is COC(=O)[C@H](Cc1nccn1COCC[Si](C)(C)C)NCCNC(=O)OC(C)(C)C. The molecule has 0 fully saturated rings. The van der Waals surface area contributed by atoms with Gasteiger partial charge >= 0.3 is 12.1 Å². The third kappa shape index (κ3) is 11.3. The number of esters is 1. The predicted molar refractivity (Wildman–Crippen MR) is 118 cm³/mol. The molecule has 9 nitrogen and oxygen atoms in total. The van der Waals surface area contributed by atoms with Crippen molar-refractivity contribution < 1.29 is 23.8 Å². The molecule has 0 saturated carbocycles. The second kappa shape index (κ2) is 12.1. The number of carbonyl (C=O) groups is 2. The number of nitrogens with zero attached hydrogens (tertiary/aromatic N) is 2. The second-order valence-electron chi connectivity index (χ2n) is 9.32. The molecule has 1 rings (SSSR count). The van der Waals surface area contributed by atoms with E-state index in [9.17, 15) is 9.59 Å². The Morgan fingerprint density at radius 1 is 1.23 bits per heavy atom. The molecule has 1 heterocycles. The zero-order valence-corrected chi connectivity index (χ0v) is 20.4. The molecule has 0 aliphatic carbocycles. The van der Waals surface area contributed by atoms with Crippen LogP contribution in [0.15, 0.2) is 12.4 Å². The van der Waals surface area contributed by atoms with Gasteiger partial charge in [-0.1, -0.05) is 19.6 Å². The van der Waals surface area contributed by atoms with Gasteiger partial charge in [0.2, 0.25) is 0 Å². The summed E-state index contributed by atoms with van der Waals surface area (Å²) in [6, 6.07) is 0.507. The minimum atomic E-state index is -1.14. The smallest absolute Gasteiger partial charge is 0.407 e. The number of imidazole rings is 1. The molecular weight excluding hydrogens is 404 g/mol. The molecule has 30 heavy (non-hydrogen) atoms. The van der Waals surface area contributed by atoms with Gasteiger partial charge in [-0.2, -0.15) is 0 Å². The molecule has 1 aromatic heterocycles. The zero-order chi connectivity index (χ0) is 22.8. The van der Waals surface area contributed by atoms with Crippen LogP contribution in [0.4, 0.5) is 4.79 Å². The third-order valence-corrected chi connectivity index (χ3v) is 5.79. The number of alkyl carbamates (subject to hydrolysis) is 1. The summed E-state index contributed by atoms with van der Waals surface area (Å²) in [6.07, 6.45) is 3.38. The summed E-state index contributed by atoms with van der Waals surface area (Å²) in [4.78, 5) is 28.2. The number of amides is 1. The van der Waals surface area contributed by atoms with Crippen molar-refractivity contribution in [3.63, 3.8) is 0 Å². The Morgan fingerprint density at radius 2 is 1.93 bits per heavy atom. The van der Waals surface area contributed by atoms with Crippen LogP contribution < -0.4 is 10.6 Å². The summed E-state index contributed by atoms with van der Waals surface area (Å²) in [7, 11) is 0.210. The summed E-state index contributed by atoms with van der Waals surface area (Å²) in [6.45, 7) is 14.1. The molecule has 1 atom stereocenters. The fourth-order valence-corrected chi connectivity index (χ4v) is 3.23. The van der Waals surface area contributed by atoms with Crippen LogP contribution in [0.3, 0.4) is 0 Å². The van der Waals surface area contributed by atoms with Crippen LogP contribution in [-0.2, 0) is 32.2 Å². The van der Waals surface area contributed by atoms with E-state index in [4.69, 9.17) is 14.2 Å². The molecular formula is C20H38N4O5Si. The summed E-state index contributed by atoms with van der Waals surface area (Å²) in [5.41, 5.74) is -0.555. The normalized spacial score (nSPS) is 13.0. The van der Waals surface area contributed by atoms with Crippen molar-refractivity contribution in [2.75, 3.05) is 26.8 Å². The number of nitrogens with one attached hydrogen (secondary N) is 2. The number of aromatic nitrogens is 2. The average molecular weight is 443 g/mol. The third-order valence-electron chi connectivity index (χ3n) is 4.08. The fourth-order valence-electron chi connectivity index (χ4n) is 2.48. The Balaban J connectivity index is 2.52. The first-order valence-electron chi connectivity index (χ1n) is 10.3. The van der Waals surface area contributed by atoms with Crippen LogP contribution in [0.2, 0.25) is 25.7 Å². The lowest BCUT2D eigenvalue weighted by atomic mass is 10.2. The van der Waals surface area contributed by atoms with Crippen molar-refractivity contribution in [1.29, 1.82) is 0 Å². The van der Waals surface area contributed by atoms with Gasteiger partial charge in [0.15, 0.2) is 0 Å². The van der Waals surface area contributed by atoms with Crippen molar-refractivity contribution in [1.82, 2.24) is 20.2 Å². The number of methoxy groups -OCH3 is 1. The molecule has 0 aliphatic rings. The quantitative estimate of drug-likeness (QED) is 0.291. The molecule has 10 heteroatoms. The van der Waals surface area contributed by atoms with Crippen molar-refractivity contribution in [3.8, 4) is 0 Å². The number of ether oxygens (including phenoxy) is 3. The van der Waals surface area contributed by atoms with Crippen LogP contribution in [0, 0.1) is 0 Å². The van der Waals surface area contributed by atoms with E-state index in [1.807, 2.05) is 10.8 Å². The van der Waals surface area contributed by atoms with Crippen LogP contribution >= 0.6 is 0 Å². The molecule has 1 amide bonds. The zero-order valence-electron chi connectivity index (χ0n) is 19.4. The topological polar surface area (TPSA) is 104 Å². The Labute approximate surface area is 180 Å². The maximum Gasteiger partial charge on any atom is 0.407 e. The van der Waals surface area contributed by atoms with Crippen LogP contribution in [0.25, 0.3) is 0 Å². The molecule has 0 unspecified atom stereocenters. The number of hydrogen-bond acceptors (Lipinski definition) is 7. The van der Waals surface area contributed by atoms with Gasteiger partial charge < -0.3 is 29.4 Å². The van der Waals surface area contributed by atoms with Crippen molar-refractivity contribution >= 4 is 20.1 Å². The van der Waals surface area contributed by atoms with Gasteiger partial charge in [0.25, 0.3) is 0 Å². The van der Waals surface area contributed by atoms with Gasteiger partial charge in [-0.25, -0.2) is 9.78 Å². The molecule has 0 saturated heterocycles. The minimum absolute atomic E-state index is 0.316. The maximum atomic E-state index is 12.2. The van der Waals surface area contributed by atoms with Gasteiger partial charge in [0.1, 0.15) is 24.2 Å². The van der Waals surface area contributed by atoms with Crippen molar-refractivity contribution in [2.24, 2.45) is 0 Å². The highest BCUT2D eigenvalue weighted by atomic mass is 28.3. The summed E-state index contributed by atoms with van der Waals surface area (Å²) < 4.78 is 17.8. The highest BCUT2D eigenvalue weighted by molar-refractivity contribution is 6.76. The lowest BCUT2D eigenvalue weighted by molar-refractivity contribution is -0.143. The molecule has 0 aliphatic heterocycles. The van der Waals surface area contributed by atoms with E-state index < -0.39 is 25.8 Å². The van der Waals surface area contributed by atoms with E-state index in [0.29, 0.717) is 32.8 Å². The average Bonchev–Trinajstić information content (AvgIpc) is 3.05. The van der Waals surface area contributed by atoms with E-state index in [1.54, 1.807) is 27.0 Å². The molecule has 0 aromatic carbocycles. The summed E-state index contributed by atoms with van der Waals surface area (Å²) >= 11 is 0. The lowest BCUT2D eigenvalue weighted by Crippen LogP contribution is -2.44. The van der Waals surface area contributed by atoms with Crippen LogP contribution in [-0.4, -0.2) is 68.1 Å². The van der Waals surface area contributed by atoms with E-state index in [1.165, 1.54) is 7.11 Å². The monoisotopic (exact) mass is 442 g/mol. The molecule has 0 radical (unpaired) electrons. The molecule has 0 bridgehead atoms. The van der Waals surface area contributed by atoms with Crippen molar-refractivity contribution in [3.05, 3.63) is 18.2 Å². The largest absolute Gasteiger partial charge is 0.468 e. The number of hydrogen-bond donors (Lipinski definition) is 2. The Bertz CT molecular complexity index is 667. The number of rotatable bonds is 12. The first-order chi connectivity index (χ1) is 13.9. The van der Waals surface area contributed by atoms with Crippen LogP contribution in [0.1, 0.15) is 26.6 Å². The van der Waals surface area contributed by atoms with E-state index >= 15 is 0 Å². The maximum absolute atomic E-state index is 12.2. The van der Waals surface area contributed by atoms with Gasteiger partial charge in [-0.15, -0.1) is 0 Å². The van der Waals surface area contributed by atoms with Gasteiger partial charge in [-0.05, 0) is 26.8 Å². The Morgan fingerprint density at radius 3 is 2.53 bits per heavy atom. The van der Waals surface area contributed by atoms with Gasteiger partial charge in [0.05, 0.1) is 7.11 Å². The van der Waals surface area contributed by atoms with E-state index in [0.717, 1.165) is 11.9 Å². The highest BCUT2D eigenvalue weighted by Gasteiger charge is 2.22. The first kappa shape index (κ1) is 26.1. The Kier molecular flexibility index (Phi) is 10.5. The fraction of sp³-hybridized carbons (Fsp3) is 0.750. The molecule has 2 N–H and O–H groups in total. The highest BCUT2D eigenvalue weighted by Crippen LogP contribution is 2.09. The summed E-state index contributed by atoms with van der Waals surface area (Å²) in [5, 5.41) is 5.76. The van der Waals surface area contributed by atoms with E-state index in [2.05, 4.69) is 35.3 Å². The van der Waals surface area contributed by atoms with Gasteiger partial charge in [-0.3, -0.25) is 4.79 Å². The molecule has 172 valence electrons. The number of carbonyl (C=O) groups excluding carboxylic acids is 2. The van der Waals surface area contributed by atoms with E-state index in [-0.39, 0.29) is 5.97 Å². The van der Waals surface area contributed by atoms with Crippen molar-refractivity contribution in [2.45, 2.75) is 71.3 Å². The summed E-state index contributed by atoms with van der Waals surface area (Å²) in [5.74, 6) is 0.340. The minimum Gasteiger partial charge on any atom is -0.468 e. The van der Waals surface area contributed by atoms with Gasteiger partial charge in [0, 0.05) is 46.6 Å². The molecule has 0 spiro atoms. The molecule has 1 aromatic rings. The lowest BCUT2D eigenvalue weighted by Gasteiger charge is -2.20.